The molecule has 1 saturated carbocycles. The van der Waals surface area contributed by atoms with E-state index in [0.29, 0.717) is 43.9 Å². The van der Waals surface area contributed by atoms with Gasteiger partial charge in [-0.05, 0) is 30.9 Å². The lowest BCUT2D eigenvalue weighted by molar-refractivity contribution is 0.395. The second-order valence-electron chi connectivity index (χ2n) is 6.69. The van der Waals surface area contributed by atoms with Crippen LogP contribution in [0.15, 0.2) is 24.4 Å². The molecule has 0 unspecified atom stereocenters. The Morgan fingerprint density at radius 1 is 1.04 bits per heavy atom. The lowest BCUT2D eigenvalue weighted by atomic mass is 10.1. The summed E-state index contributed by atoms with van der Waals surface area (Å²) < 4.78 is 10.8. The minimum Gasteiger partial charge on any atom is -0.495 e. The number of aromatic nitrogens is 2. The van der Waals surface area contributed by atoms with Gasteiger partial charge in [0.1, 0.15) is 22.5 Å². The highest BCUT2D eigenvalue weighted by atomic mass is 35.5. The van der Waals surface area contributed by atoms with Gasteiger partial charge in [0, 0.05) is 35.1 Å². The molecule has 0 radical (unpaired) electrons. The van der Waals surface area contributed by atoms with Gasteiger partial charge in [-0.2, -0.15) is 0 Å². The molecule has 0 spiro atoms. The minimum absolute atomic E-state index is 0.371. The molecule has 1 N–H and O–H groups in total. The average molecular weight is 439 g/mol. The molecule has 0 saturated heterocycles. The predicted octanol–water partition coefficient (Wildman–Crippen LogP) is 6.10. The van der Waals surface area contributed by atoms with E-state index in [2.05, 4.69) is 10.3 Å². The number of hydrogen-bond acceptors (Lipinski definition) is 5. The summed E-state index contributed by atoms with van der Waals surface area (Å²) in [4.78, 5) is 9.00. The van der Waals surface area contributed by atoms with E-state index in [1.54, 1.807) is 32.5 Å². The van der Waals surface area contributed by atoms with Crippen LogP contribution in [-0.4, -0.2) is 30.7 Å². The number of benzene rings is 1. The number of ether oxygens (including phenoxy) is 2. The summed E-state index contributed by atoms with van der Waals surface area (Å²) in [6.07, 6.45) is 4.18. The summed E-state index contributed by atoms with van der Waals surface area (Å²) >= 11 is 19.3. The number of pyridine rings is 2. The Kier molecular flexibility index (Phi) is 5.41. The second kappa shape index (κ2) is 7.82. The van der Waals surface area contributed by atoms with E-state index in [0.717, 1.165) is 23.1 Å². The van der Waals surface area contributed by atoms with Crippen molar-refractivity contribution in [3.8, 4) is 22.8 Å². The molecule has 0 bridgehead atoms. The van der Waals surface area contributed by atoms with Crippen LogP contribution in [0.5, 0.6) is 11.5 Å². The Bertz CT molecular complexity index is 1030. The highest BCUT2D eigenvalue weighted by Gasteiger charge is 2.23. The normalized spacial score (nSPS) is 13.6. The van der Waals surface area contributed by atoms with Crippen LogP contribution < -0.4 is 14.8 Å². The SMILES string of the molecule is COc1cc(OC)c(Cl)c(-c2cc3cnc(Cl)cc3c(NCC3CC3)n2)c1Cl. The van der Waals surface area contributed by atoms with Crippen LogP contribution in [0.1, 0.15) is 12.8 Å². The van der Waals surface area contributed by atoms with Crippen molar-refractivity contribution in [1.29, 1.82) is 0 Å². The lowest BCUT2D eigenvalue weighted by Gasteiger charge is -2.16. The first-order valence-electron chi connectivity index (χ1n) is 8.82. The maximum atomic E-state index is 6.58. The third-order valence-corrected chi connectivity index (χ3v) is 5.72. The Labute approximate surface area is 177 Å². The molecular formula is C20H18Cl3N3O2. The van der Waals surface area contributed by atoms with Crippen LogP contribution in [0, 0.1) is 5.92 Å². The smallest absolute Gasteiger partial charge is 0.141 e. The standard InChI is InChI=1S/C20H18Cl3N3O2/c1-27-14-7-15(28-2)19(23)17(18(14)22)13-5-11-9-24-16(21)6-12(11)20(26-13)25-8-10-3-4-10/h5-7,9-10H,3-4,8H2,1-2H3,(H,25,26). The van der Waals surface area contributed by atoms with Crippen LogP contribution in [0.25, 0.3) is 22.0 Å². The highest BCUT2D eigenvalue weighted by Crippen LogP contribution is 2.46. The number of halogens is 3. The molecule has 4 rings (SSSR count). The molecule has 0 atom stereocenters. The van der Waals surface area contributed by atoms with E-state index in [-0.39, 0.29) is 0 Å². The number of rotatable bonds is 6. The summed E-state index contributed by atoms with van der Waals surface area (Å²) in [5.74, 6) is 2.32. The maximum absolute atomic E-state index is 6.58. The van der Waals surface area contributed by atoms with E-state index in [4.69, 9.17) is 49.3 Å². The Balaban J connectivity index is 1.92. The minimum atomic E-state index is 0.371. The van der Waals surface area contributed by atoms with Gasteiger partial charge >= 0.3 is 0 Å². The van der Waals surface area contributed by atoms with E-state index in [9.17, 15) is 0 Å². The molecule has 1 fully saturated rings. The zero-order chi connectivity index (χ0) is 19.8. The van der Waals surface area contributed by atoms with Crippen molar-refractivity contribution in [2.45, 2.75) is 12.8 Å². The number of anilines is 1. The molecule has 146 valence electrons. The number of fused-ring (bicyclic) bond motifs is 1. The Morgan fingerprint density at radius 2 is 1.71 bits per heavy atom. The maximum Gasteiger partial charge on any atom is 0.141 e. The van der Waals surface area contributed by atoms with Crippen LogP contribution in [0.4, 0.5) is 5.82 Å². The number of methoxy groups -OCH3 is 2. The molecule has 1 aliphatic carbocycles. The fourth-order valence-corrected chi connectivity index (χ4v) is 3.91. The molecule has 3 aromatic rings. The van der Waals surface area contributed by atoms with Crippen molar-refractivity contribution in [2.24, 2.45) is 5.92 Å². The quantitative estimate of drug-likeness (QED) is 0.471. The van der Waals surface area contributed by atoms with Crippen LogP contribution in [0.2, 0.25) is 15.2 Å². The van der Waals surface area contributed by atoms with Gasteiger partial charge in [-0.1, -0.05) is 34.8 Å². The Hall–Kier alpha value is -1.95. The summed E-state index contributed by atoms with van der Waals surface area (Å²) in [6, 6.07) is 5.34. The van der Waals surface area contributed by atoms with E-state index in [1.165, 1.54) is 12.8 Å². The Morgan fingerprint density at radius 3 is 2.32 bits per heavy atom. The van der Waals surface area contributed by atoms with Gasteiger partial charge in [-0.15, -0.1) is 0 Å². The first-order chi connectivity index (χ1) is 13.5. The van der Waals surface area contributed by atoms with Crippen molar-refractivity contribution in [2.75, 3.05) is 26.1 Å². The second-order valence-corrected chi connectivity index (χ2v) is 7.84. The van der Waals surface area contributed by atoms with Crippen LogP contribution >= 0.6 is 34.8 Å². The van der Waals surface area contributed by atoms with Crippen LogP contribution in [0.3, 0.4) is 0 Å². The van der Waals surface area contributed by atoms with Crippen LogP contribution in [-0.2, 0) is 0 Å². The first-order valence-corrected chi connectivity index (χ1v) is 9.95. The van der Waals surface area contributed by atoms with Gasteiger partial charge in [0.25, 0.3) is 0 Å². The zero-order valence-electron chi connectivity index (χ0n) is 15.4. The van der Waals surface area contributed by atoms with Gasteiger partial charge in [-0.25, -0.2) is 9.97 Å². The third-order valence-electron chi connectivity index (χ3n) is 4.77. The molecule has 28 heavy (non-hydrogen) atoms. The number of nitrogens with zero attached hydrogens (tertiary/aromatic N) is 2. The van der Waals surface area contributed by atoms with Crippen molar-refractivity contribution in [3.63, 3.8) is 0 Å². The zero-order valence-corrected chi connectivity index (χ0v) is 17.6. The fourth-order valence-electron chi connectivity index (χ4n) is 3.06. The third kappa shape index (κ3) is 3.66. The number of nitrogens with one attached hydrogen (secondary N) is 1. The van der Waals surface area contributed by atoms with Crippen molar-refractivity contribution in [1.82, 2.24) is 9.97 Å². The van der Waals surface area contributed by atoms with Crippen molar-refractivity contribution < 1.29 is 9.47 Å². The molecule has 8 heteroatoms. The fraction of sp³-hybridized carbons (Fsp3) is 0.300. The molecule has 0 aliphatic heterocycles. The topological polar surface area (TPSA) is 56.3 Å². The van der Waals surface area contributed by atoms with E-state index < -0.39 is 0 Å². The molecule has 2 aromatic heterocycles. The lowest BCUT2D eigenvalue weighted by Crippen LogP contribution is -2.06. The van der Waals surface area contributed by atoms with E-state index >= 15 is 0 Å². The average Bonchev–Trinajstić information content (AvgIpc) is 3.51. The van der Waals surface area contributed by atoms with Gasteiger partial charge in [0.2, 0.25) is 0 Å². The van der Waals surface area contributed by atoms with Gasteiger partial charge < -0.3 is 14.8 Å². The van der Waals surface area contributed by atoms with Gasteiger partial charge in [-0.3, -0.25) is 0 Å². The largest absolute Gasteiger partial charge is 0.495 e. The monoisotopic (exact) mass is 437 g/mol. The molecule has 2 heterocycles. The van der Waals surface area contributed by atoms with Crippen molar-refractivity contribution in [3.05, 3.63) is 39.6 Å². The molecule has 0 amide bonds. The van der Waals surface area contributed by atoms with E-state index in [1.807, 2.05) is 6.07 Å². The molecular weight excluding hydrogens is 421 g/mol. The molecule has 1 aromatic carbocycles. The summed E-state index contributed by atoms with van der Waals surface area (Å²) in [5.41, 5.74) is 1.15. The highest BCUT2D eigenvalue weighted by molar-refractivity contribution is 6.41. The predicted molar refractivity (Wildman–Crippen MR) is 114 cm³/mol. The van der Waals surface area contributed by atoms with Gasteiger partial charge in [0.05, 0.1) is 30.0 Å². The first kappa shape index (κ1) is 19.4. The van der Waals surface area contributed by atoms with Crippen molar-refractivity contribution >= 4 is 51.4 Å². The summed E-state index contributed by atoms with van der Waals surface area (Å²) in [6.45, 7) is 0.856. The number of hydrogen-bond donors (Lipinski definition) is 1. The molecule has 1 aliphatic rings. The summed E-state index contributed by atoms with van der Waals surface area (Å²) in [7, 11) is 3.08. The van der Waals surface area contributed by atoms with Gasteiger partial charge in [0.15, 0.2) is 0 Å². The summed E-state index contributed by atoms with van der Waals surface area (Å²) in [5, 5.41) is 6.36. The molecule has 5 nitrogen and oxygen atoms in total.